The second-order valence-electron chi connectivity index (χ2n) is 7.59. The van der Waals surface area contributed by atoms with Gasteiger partial charge < -0.3 is 24.8 Å². The molecule has 34 heavy (non-hydrogen) atoms. The van der Waals surface area contributed by atoms with Crippen LogP contribution in [0.15, 0.2) is 48.5 Å². The predicted molar refractivity (Wildman–Crippen MR) is 121 cm³/mol. The molecule has 0 saturated carbocycles. The normalized spacial score (nSPS) is 14.0. The molecular formula is C24H16Cl2O8. The standard InChI is InChI=1S/C20H10Cl2O5.C4H6O3/c21-13-5-11-17(7-15(13)23)26-18-8-16(24)14(22)6-12(18)20(11)10-4-2-1-3-9(10)19(25)27-20;1-3(5)2-4(6)7/h1-8,23-24H;2H2,1H3,(H,6,7). The van der Waals surface area contributed by atoms with Gasteiger partial charge in [-0.15, -0.1) is 0 Å². The Morgan fingerprint density at radius 2 is 1.44 bits per heavy atom. The molecule has 0 fully saturated rings. The Bertz CT molecular complexity index is 1300. The number of fused-ring (bicyclic) bond motifs is 6. The van der Waals surface area contributed by atoms with Gasteiger partial charge in [0, 0.05) is 28.8 Å². The van der Waals surface area contributed by atoms with E-state index in [-0.39, 0.29) is 45.2 Å². The van der Waals surface area contributed by atoms with E-state index >= 15 is 0 Å². The molecule has 2 heterocycles. The fourth-order valence-electron chi connectivity index (χ4n) is 3.90. The average molecular weight is 503 g/mol. The van der Waals surface area contributed by atoms with Crippen LogP contribution in [-0.4, -0.2) is 33.0 Å². The van der Waals surface area contributed by atoms with E-state index in [0.29, 0.717) is 22.3 Å². The molecule has 1 spiro atoms. The van der Waals surface area contributed by atoms with Crippen molar-refractivity contribution in [3.05, 3.63) is 80.8 Å². The fraction of sp³-hybridized carbons (Fsp3) is 0.125. The molecule has 174 valence electrons. The highest BCUT2D eigenvalue weighted by atomic mass is 35.5. The van der Waals surface area contributed by atoms with Gasteiger partial charge in [0.15, 0.2) is 5.60 Å². The van der Waals surface area contributed by atoms with E-state index in [0.717, 1.165) is 0 Å². The van der Waals surface area contributed by atoms with Crippen LogP contribution >= 0.6 is 23.2 Å². The third-order valence-corrected chi connectivity index (χ3v) is 5.85. The molecule has 10 heteroatoms. The van der Waals surface area contributed by atoms with E-state index in [2.05, 4.69) is 0 Å². The molecule has 0 atom stereocenters. The number of ketones is 1. The number of ether oxygens (including phenoxy) is 2. The van der Waals surface area contributed by atoms with Crippen molar-refractivity contribution in [3.63, 3.8) is 0 Å². The van der Waals surface area contributed by atoms with Gasteiger partial charge in [-0.1, -0.05) is 41.4 Å². The van der Waals surface area contributed by atoms with Crippen molar-refractivity contribution in [2.24, 2.45) is 0 Å². The largest absolute Gasteiger partial charge is 0.506 e. The molecular weight excluding hydrogens is 487 g/mol. The Labute approximate surface area is 202 Å². The van der Waals surface area contributed by atoms with E-state index in [9.17, 15) is 24.6 Å². The monoisotopic (exact) mass is 502 g/mol. The van der Waals surface area contributed by atoms with Crippen LogP contribution in [0, 0.1) is 0 Å². The first kappa shape index (κ1) is 23.4. The number of hydrogen-bond donors (Lipinski definition) is 3. The quantitative estimate of drug-likeness (QED) is 0.328. The van der Waals surface area contributed by atoms with Gasteiger partial charge in [-0.05, 0) is 25.1 Å². The molecule has 2 aliphatic heterocycles. The number of carbonyl (C=O) groups is 3. The number of aliphatic carboxylic acids is 1. The number of rotatable bonds is 2. The fourth-order valence-corrected chi connectivity index (χ4v) is 4.23. The Hall–Kier alpha value is -3.75. The third kappa shape index (κ3) is 3.81. The van der Waals surface area contributed by atoms with Crippen molar-refractivity contribution in [1.82, 2.24) is 0 Å². The average Bonchev–Trinajstić information content (AvgIpc) is 3.05. The minimum atomic E-state index is -1.36. The highest BCUT2D eigenvalue weighted by Gasteiger charge is 2.54. The number of esters is 1. The zero-order valence-electron chi connectivity index (χ0n) is 17.5. The summed E-state index contributed by atoms with van der Waals surface area (Å²) in [5.74, 6) is -1.71. The van der Waals surface area contributed by atoms with E-state index in [1.165, 1.54) is 31.2 Å². The molecule has 0 unspecified atom stereocenters. The van der Waals surface area contributed by atoms with Crippen molar-refractivity contribution < 1.29 is 39.2 Å². The van der Waals surface area contributed by atoms with Crippen LogP contribution in [0.3, 0.4) is 0 Å². The number of halogens is 2. The lowest BCUT2D eigenvalue weighted by Gasteiger charge is -2.36. The highest BCUT2D eigenvalue weighted by molar-refractivity contribution is 6.32. The summed E-state index contributed by atoms with van der Waals surface area (Å²) in [6.45, 7) is 1.24. The Kier molecular flexibility index (Phi) is 5.89. The first-order valence-electron chi connectivity index (χ1n) is 9.82. The Morgan fingerprint density at radius 3 is 1.91 bits per heavy atom. The summed E-state index contributed by atoms with van der Waals surface area (Å²) in [5, 5.41) is 28.1. The van der Waals surface area contributed by atoms with Crippen molar-refractivity contribution in [2.75, 3.05) is 0 Å². The first-order chi connectivity index (χ1) is 16.0. The molecule has 0 saturated heterocycles. The summed E-state index contributed by atoms with van der Waals surface area (Å²) in [4.78, 5) is 32.1. The van der Waals surface area contributed by atoms with Crippen LogP contribution in [0.4, 0.5) is 0 Å². The minimum absolute atomic E-state index is 0.0884. The molecule has 0 amide bonds. The maximum Gasteiger partial charge on any atom is 0.340 e. The lowest BCUT2D eigenvalue weighted by Crippen LogP contribution is -2.33. The van der Waals surface area contributed by atoms with Crippen molar-refractivity contribution in [1.29, 1.82) is 0 Å². The van der Waals surface area contributed by atoms with Crippen molar-refractivity contribution >= 4 is 40.9 Å². The number of carboxylic acid groups (broad SMARTS) is 1. The van der Waals surface area contributed by atoms with Gasteiger partial charge in [0.05, 0.1) is 15.6 Å². The molecule has 3 aromatic rings. The van der Waals surface area contributed by atoms with E-state index in [1.54, 1.807) is 24.3 Å². The Balaban J connectivity index is 0.000000344. The number of phenolic OH excluding ortho intramolecular Hbond substituents is 2. The van der Waals surface area contributed by atoms with Crippen molar-refractivity contribution in [2.45, 2.75) is 18.9 Å². The first-order valence-corrected chi connectivity index (χ1v) is 10.6. The number of hydrogen-bond acceptors (Lipinski definition) is 7. The second-order valence-corrected chi connectivity index (χ2v) is 8.40. The smallest absolute Gasteiger partial charge is 0.340 e. The predicted octanol–water partition coefficient (Wildman–Crippen LogP) is 5.02. The molecule has 8 nitrogen and oxygen atoms in total. The lowest BCUT2D eigenvalue weighted by molar-refractivity contribution is -0.139. The van der Waals surface area contributed by atoms with Crippen LogP contribution in [-0.2, 0) is 19.9 Å². The summed E-state index contributed by atoms with van der Waals surface area (Å²) in [6, 6.07) is 12.7. The van der Waals surface area contributed by atoms with Crippen LogP contribution in [0.2, 0.25) is 10.0 Å². The van der Waals surface area contributed by atoms with Crippen LogP contribution in [0.1, 0.15) is 40.4 Å². The van der Waals surface area contributed by atoms with Crippen LogP contribution < -0.4 is 4.74 Å². The van der Waals surface area contributed by atoms with Gasteiger partial charge in [-0.3, -0.25) is 9.59 Å². The lowest BCUT2D eigenvalue weighted by atomic mass is 9.77. The van der Waals surface area contributed by atoms with Gasteiger partial charge in [0.1, 0.15) is 35.2 Å². The van der Waals surface area contributed by atoms with Gasteiger partial charge in [-0.2, -0.15) is 0 Å². The number of benzene rings is 3. The summed E-state index contributed by atoms with van der Waals surface area (Å²) in [7, 11) is 0. The molecule has 5 rings (SSSR count). The summed E-state index contributed by atoms with van der Waals surface area (Å²) in [6.07, 6.45) is -0.361. The SMILES string of the molecule is CC(=O)CC(=O)O.O=C1OC2(c3cc(Cl)c(O)cc3Oc3cc(O)c(Cl)cc32)c2ccccc21. The van der Waals surface area contributed by atoms with Crippen LogP contribution in [0.25, 0.3) is 0 Å². The number of phenols is 2. The third-order valence-electron chi connectivity index (χ3n) is 5.25. The zero-order valence-corrected chi connectivity index (χ0v) is 19.0. The summed E-state index contributed by atoms with van der Waals surface area (Å²) >= 11 is 12.3. The number of Topliss-reactive ketones (excluding diaryl/α,β-unsaturated/α-hetero) is 1. The zero-order chi connectivity index (χ0) is 24.8. The number of aromatic hydroxyl groups is 2. The molecule has 0 aromatic heterocycles. The Morgan fingerprint density at radius 1 is 0.912 bits per heavy atom. The summed E-state index contributed by atoms with van der Waals surface area (Å²) < 4.78 is 11.8. The van der Waals surface area contributed by atoms with Crippen LogP contribution in [0.5, 0.6) is 23.0 Å². The molecule has 0 radical (unpaired) electrons. The van der Waals surface area contributed by atoms with Gasteiger partial charge in [-0.25, -0.2) is 4.79 Å². The molecule has 2 aliphatic rings. The molecule has 0 aliphatic carbocycles. The summed E-state index contributed by atoms with van der Waals surface area (Å²) in [5.41, 5.74) is 0.565. The topological polar surface area (TPSA) is 130 Å². The minimum Gasteiger partial charge on any atom is -0.506 e. The molecule has 3 N–H and O–H groups in total. The molecule has 3 aromatic carbocycles. The number of carboxylic acids is 1. The van der Waals surface area contributed by atoms with Gasteiger partial charge in [0.2, 0.25) is 0 Å². The van der Waals surface area contributed by atoms with E-state index in [1.807, 2.05) is 0 Å². The van der Waals surface area contributed by atoms with E-state index < -0.39 is 17.5 Å². The molecule has 0 bridgehead atoms. The maximum atomic E-state index is 12.6. The van der Waals surface area contributed by atoms with Gasteiger partial charge >= 0.3 is 11.9 Å². The maximum absolute atomic E-state index is 12.6. The van der Waals surface area contributed by atoms with Gasteiger partial charge in [0.25, 0.3) is 0 Å². The van der Waals surface area contributed by atoms with E-state index in [4.69, 9.17) is 37.8 Å². The number of carbonyl (C=O) groups excluding carboxylic acids is 2. The second kappa shape index (κ2) is 8.55. The highest BCUT2D eigenvalue weighted by Crippen LogP contribution is 2.58. The van der Waals surface area contributed by atoms with Crippen molar-refractivity contribution in [3.8, 4) is 23.0 Å².